The van der Waals surface area contributed by atoms with Crippen LogP contribution in [0.3, 0.4) is 0 Å². The maximum absolute atomic E-state index is 9.69. The summed E-state index contributed by atoms with van der Waals surface area (Å²) in [6.07, 6.45) is 4.14. The second-order valence-corrected chi connectivity index (χ2v) is 4.25. The molecule has 0 saturated carbocycles. The molecular weight excluding hydrogens is 208 g/mol. The van der Waals surface area contributed by atoms with Crippen LogP contribution in [0.5, 0.6) is 5.75 Å². The lowest BCUT2D eigenvalue weighted by Crippen LogP contribution is -1.83. The van der Waals surface area contributed by atoms with Crippen LogP contribution in [0.15, 0.2) is 42.5 Å². The maximum Gasteiger partial charge on any atom is 0.121 e. The number of hydrogen-bond donors (Lipinski definition) is 1. The normalized spacial score (nSPS) is 10.9. The molecule has 2 rings (SSSR count). The van der Waals surface area contributed by atoms with Crippen LogP contribution in [0.1, 0.15) is 22.3 Å². The molecule has 0 aliphatic rings. The molecule has 86 valence electrons. The van der Waals surface area contributed by atoms with Crippen LogP contribution in [0, 0.1) is 13.8 Å². The minimum absolute atomic E-state index is 0.391. The summed E-state index contributed by atoms with van der Waals surface area (Å²) in [5.41, 5.74) is 4.12. The molecule has 0 bridgehead atoms. The predicted octanol–water partition coefficient (Wildman–Crippen LogP) is 4.18. The molecule has 1 N–H and O–H groups in total. The molecule has 0 aromatic heterocycles. The Morgan fingerprint density at radius 1 is 0.824 bits per heavy atom. The van der Waals surface area contributed by atoms with E-state index in [1.54, 1.807) is 0 Å². The first kappa shape index (κ1) is 11.5. The summed E-state index contributed by atoms with van der Waals surface area (Å²) in [7, 11) is 0. The number of aryl methyl sites for hydroxylation is 2. The van der Waals surface area contributed by atoms with Crippen molar-refractivity contribution in [1.29, 1.82) is 0 Å². The Morgan fingerprint density at radius 3 is 1.94 bits per heavy atom. The smallest absolute Gasteiger partial charge is 0.121 e. The van der Waals surface area contributed by atoms with E-state index in [2.05, 4.69) is 24.3 Å². The molecule has 0 aliphatic carbocycles. The van der Waals surface area contributed by atoms with Crippen LogP contribution in [-0.2, 0) is 0 Å². The van der Waals surface area contributed by atoms with Gasteiger partial charge in [0, 0.05) is 0 Å². The van der Waals surface area contributed by atoms with Gasteiger partial charge in [0.25, 0.3) is 0 Å². The minimum atomic E-state index is 0.391. The van der Waals surface area contributed by atoms with Gasteiger partial charge >= 0.3 is 0 Å². The summed E-state index contributed by atoms with van der Waals surface area (Å²) in [5, 5.41) is 9.69. The lowest BCUT2D eigenvalue weighted by molar-refractivity contribution is 0.467. The van der Waals surface area contributed by atoms with E-state index in [0.29, 0.717) is 5.75 Å². The summed E-state index contributed by atoms with van der Waals surface area (Å²) < 4.78 is 0. The van der Waals surface area contributed by atoms with E-state index < -0.39 is 0 Å². The van der Waals surface area contributed by atoms with E-state index in [4.69, 9.17) is 0 Å². The van der Waals surface area contributed by atoms with Crippen LogP contribution in [-0.4, -0.2) is 5.11 Å². The van der Waals surface area contributed by atoms with Gasteiger partial charge in [0.2, 0.25) is 0 Å². The van der Waals surface area contributed by atoms with Crippen molar-refractivity contribution in [2.45, 2.75) is 13.8 Å². The monoisotopic (exact) mass is 224 g/mol. The van der Waals surface area contributed by atoms with Gasteiger partial charge in [0.1, 0.15) is 5.75 Å². The third kappa shape index (κ3) is 2.76. The van der Waals surface area contributed by atoms with Crippen molar-refractivity contribution in [3.05, 3.63) is 64.7 Å². The first-order chi connectivity index (χ1) is 8.16. The third-order valence-corrected chi connectivity index (χ3v) is 2.78. The lowest BCUT2D eigenvalue weighted by Gasteiger charge is -2.04. The number of rotatable bonds is 2. The first-order valence-corrected chi connectivity index (χ1v) is 5.70. The highest BCUT2D eigenvalue weighted by Crippen LogP contribution is 2.23. The highest BCUT2D eigenvalue weighted by atomic mass is 16.3. The summed E-state index contributed by atoms with van der Waals surface area (Å²) in [6, 6.07) is 14.2. The molecule has 0 heterocycles. The average Bonchev–Trinajstić information content (AvgIpc) is 2.34. The quantitative estimate of drug-likeness (QED) is 0.759. The van der Waals surface area contributed by atoms with Gasteiger partial charge < -0.3 is 5.11 Å². The van der Waals surface area contributed by atoms with Crippen LogP contribution in [0.4, 0.5) is 0 Å². The zero-order chi connectivity index (χ0) is 12.3. The van der Waals surface area contributed by atoms with Gasteiger partial charge in [-0.05, 0) is 48.2 Å². The average molecular weight is 224 g/mol. The fourth-order valence-electron chi connectivity index (χ4n) is 1.84. The number of phenols is 1. The molecule has 0 aliphatic heterocycles. The van der Waals surface area contributed by atoms with Crippen molar-refractivity contribution < 1.29 is 5.11 Å². The molecular formula is C16H16O. The third-order valence-electron chi connectivity index (χ3n) is 2.78. The van der Waals surface area contributed by atoms with E-state index in [-0.39, 0.29) is 0 Å². The van der Waals surface area contributed by atoms with Crippen LogP contribution in [0.2, 0.25) is 0 Å². The van der Waals surface area contributed by atoms with Gasteiger partial charge in [-0.3, -0.25) is 0 Å². The largest absolute Gasteiger partial charge is 0.507 e. The van der Waals surface area contributed by atoms with Gasteiger partial charge in [-0.1, -0.05) is 42.5 Å². The molecule has 0 amide bonds. The van der Waals surface area contributed by atoms with Crippen molar-refractivity contribution in [3.63, 3.8) is 0 Å². The maximum atomic E-state index is 9.69. The van der Waals surface area contributed by atoms with Gasteiger partial charge in [0.05, 0.1) is 0 Å². The van der Waals surface area contributed by atoms with E-state index in [9.17, 15) is 5.11 Å². The lowest BCUT2D eigenvalue weighted by atomic mass is 10.0. The number of phenolic OH excluding ortho intramolecular Hbond substituents is 1. The highest BCUT2D eigenvalue weighted by Gasteiger charge is 2.00. The van der Waals surface area contributed by atoms with Gasteiger partial charge in [0.15, 0.2) is 0 Å². The SMILES string of the molecule is Cc1cc(/C=C/c2ccccc2)cc(C)c1O. The predicted molar refractivity (Wildman–Crippen MR) is 73.0 cm³/mol. The molecule has 2 aromatic rings. The topological polar surface area (TPSA) is 20.2 Å². The number of hydrogen-bond acceptors (Lipinski definition) is 1. The van der Waals surface area contributed by atoms with E-state index in [1.807, 2.05) is 44.2 Å². The summed E-state index contributed by atoms with van der Waals surface area (Å²) in [6.45, 7) is 3.84. The fraction of sp³-hybridized carbons (Fsp3) is 0.125. The molecule has 0 saturated heterocycles. The second-order valence-electron chi connectivity index (χ2n) is 4.25. The standard InChI is InChI=1S/C16H16O/c1-12-10-15(11-13(2)16(12)17)9-8-14-6-4-3-5-7-14/h3-11,17H,1-2H3/b9-8+. The first-order valence-electron chi connectivity index (χ1n) is 5.70. The zero-order valence-corrected chi connectivity index (χ0v) is 10.1. The highest BCUT2D eigenvalue weighted by molar-refractivity contribution is 5.70. The van der Waals surface area contributed by atoms with Crippen LogP contribution < -0.4 is 0 Å². The molecule has 0 spiro atoms. The Morgan fingerprint density at radius 2 is 1.35 bits per heavy atom. The second kappa shape index (κ2) is 4.88. The molecule has 1 heteroatoms. The summed E-state index contributed by atoms with van der Waals surface area (Å²) >= 11 is 0. The molecule has 0 fully saturated rings. The minimum Gasteiger partial charge on any atom is -0.507 e. The van der Waals surface area contributed by atoms with Crippen molar-refractivity contribution >= 4 is 12.2 Å². The van der Waals surface area contributed by atoms with Gasteiger partial charge in [-0.2, -0.15) is 0 Å². The van der Waals surface area contributed by atoms with E-state index in [0.717, 1.165) is 16.7 Å². The van der Waals surface area contributed by atoms with E-state index in [1.165, 1.54) is 5.56 Å². The van der Waals surface area contributed by atoms with Crippen LogP contribution in [0.25, 0.3) is 12.2 Å². The summed E-state index contributed by atoms with van der Waals surface area (Å²) in [5.74, 6) is 0.391. The van der Waals surface area contributed by atoms with Crippen molar-refractivity contribution in [3.8, 4) is 5.75 Å². The van der Waals surface area contributed by atoms with Crippen molar-refractivity contribution in [1.82, 2.24) is 0 Å². The Labute approximate surface area is 102 Å². The zero-order valence-electron chi connectivity index (χ0n) is 10.1. The Kier molecular flexibility index (Phi) is 3.29. The number of aromatic hydroxyl groups is 1. The Hall–Kier alpha value is -2.02. The number of benzene rings is 2. The summed E-state index contributed by atoms with van der Waals surface area (Å²) in [4.78, 5) is 0. The Bertz CT molecular complexity index is 516. The molecule has 0 radical (unpaired) electrons. The van der Waals surface area contributed by atoms with Gasteiger partial charge in [-0.15, -0.1) is 0 Å². The van der Waals surface area contributed by atoms with Crippen LogP contribution >= 0.6 is 0 Å². The molecule has 1 nitrogen and oxygen atoms in total. The molecule has 0 atom stereocenters. The van der Waals surface area contributed by atoms with Crippen molar-refractivity contribution in [2.75, 3.05) is 0 Å². The molecule has 17 heavy (non-hydrogen) atoms. The fourth-order valence-corrected chi connectivity index (χ4v) is 1.84. The molecule has 2 aromatic carbocycles. The molecule has 0 unspecified atom stereocenters. The van der Waals surface area contributed by atoms with Crippen molar-refractivity contribution in [2.24, 2.45) is 0 Å². The Balaban J connectivity index is 2.28. The van der Waals surface area contributed by atoms with E-state index >= 15 is 0 Å². The van der Waals surface area contributed by atoms with Gasteiger partial charge in [-0.25, -0.2) is 0 Å².